The number of hydrogen-bond donors (Lipinski definition) is 1. The number of carbonyl (C=O) groups is 2. The molecule has 1 aliphatic rings. The lowest BCUT2D eigenvalue weighted by atomic mass is 9.94. The summed E-state index contributed by atoms with van der Waals surface area (Å²) in [4.78, 5) is 30.6. The highest BCUT2D eigenvalue weighted by Crippen LogP contribution is 2.26. The molecule has 0 saturated carbocycles. The molecule has 3 amide bonds. The van der Waals surface area contributed by atoms with Gasteiger partial charge in [-0.05, 0) is 25.8 Å². The van der Waals surface area contributed by atoms with Crippen LogP contribution in [0.25, 0.3) is 11.4 Å². The summed E-state index contributed by atoms with van der Waals surface area (Å²) in [6.07, 6.45) is 4.85. The molecule has 0 unspecified atom stereocenters. The summed E-state index contributed by atoms with van der Waals surface area (Å²) >= 11 is 0. The zero-order chi connectivity index (χ0) is 19.4. The van der Waals surface area contributed by atoms with E-state index in [4.69, 9.17) is 4.52 Å². The van der Waals surface area contributed by atoms with Gasteiger partial charge in [0.2, 0.25) is 11.7 Å². The first-order valence-electron chi connectivity index (χ1n) is 9.47. The van der Waals surface area contributed by atoms with Crippen LogP contribution in [0.5, 0.6) is 0 Å². The number of aromatic nitrogens is 2. The third-order valence-corrected chi connectivity index (χ3v) is 5.02. The number of carbonyl (C=O) groups excluding carboxylic acids is 2. The predicted octanol–water partition coefficient (Wildman–Crippen LogP) is 3.83. The van der Waals surface area contributed by atoms with Crippen LogP contribution in [-0.4, -0.2) is 32.5 Å². The van der Waals surface area contributed by atoms with Gasteiger partial charge in [-0.2, -0.15) is 4.98 Å². The molecule has 0 aliphatic carbocycles. The predicted molar refractivity (Wildman–Crippen MR) is 101 cm³/mol. The summed E-state index contributed by atoms with van der Waals surface area (Å²) in [5.41, 5.74) is 1.04. The molecule has 1 aromatic heterocycles. The highest BCUT2D eigenvalue weighted by molar-refractivity contribution is 6.06. The number of nitrogens with one attached hydrogen (secondary N) is 1. The summed E-state index contributed by atoms with van der Waals surface area (Å²) in [6, 6.07) is 7.31. The van der Waals surface area contributed by atoms with E-state index < -0.39 is 11.6 Å². The van der Waals surface area contributed by atoms with Crippen molar-refractivity contribution >= 4 is 11.9 Å². The summed E-state index contributed by atoms with van der Waals surface area (Å²) in [5, 5.41) is 6.81. The van der Waals surface area contributed by atoms with Crippen molar-refractivity contribution in [3.8, 4) is 11.4 Å². The Balaban J connectivity index is 1.68. The van der Waals surface area contributed by atoms with Crippen LogP contribution in [0.2, 0.25) is 0 Å². The molecule has 1 fully saturated rings. The lowest BCUT2D eigenvalue weighted by Gasteiger charge is -2.21. The van der Waals surface area contributed by atoms with Crippen molar-refractivity contribution in [2.24, 2.45) is 0 Å². The van der Waals surface area contributed by atoms with Crippen molar-refractivity contribution in [2.45, 2.75) is 65.0 Å². The molecule has 0 spiro atoms. The van der Waals surface area contributed by atoms with E-state index in [1.807, 2.05) is 31.2 Å². The van der Waals surface area contributed by atoms with Crippen molar-refractivity contribution in [1.82, 2.24) is 20.4 Å². The molecule has 2 aromatic rings. The Morgan fingerprint density at radius 2 is 1.96 bits per heavy atom. The van der Waals surface area contributed by atoms with Gasteiger partial charge in [0.25, 0.3) is 5.91 Å². The molecule has 2 heterocycles. The van der Waals surface area contributed by atoms with Crippen molar-refractivity contribution in [3.05, 3.63) is 35.7 Å². The Labute approximate surface area is 159 Å². The number of aryl methyl sites for hydroxylation is 1. The fourth-order valence-electron chi connectivity index (χ4n) is 3.35. The Morgan fingerprint density at radius 3 is 2.70 bits per heavy atom. The molecular weight excluding hydrogens is 344 g/mol. The Hall–Kier alpha value is -2.70. The van der Waals surface area contributed by atoms with Crippen LogP contribution in [-0.2, 0) is 11.3 Å². The van der Waals surface area contributed by atoms with Crippen LogP contribution in [0.4, 0.5) is 4.79 Å². The third kappa shape index (κ3) is 4.02. The van der Waals surface area contributed by atoms with Gasteiger partial charge in [-0.15, -0.1) is 0 Å². The van der Waals surface area contributed by atoms with Crippen molar-refractivity contribution in [2.75, 3.05) is 0 Å². The molecule has 7 heteroatoms. The van der Waals surface area contributed by atoms with E-state index in [0.717, 1.165) is 41.7 Å². The van der Waals surface area contributed by atoms with E-state index in [1.54, 1.807) is 6.92 Å². The monoisotopic (exact) mass is 370 g/mol. The summed E-state index contributed by atoms with van der Waals surface area (Å²) in [5.74, 6) is 0.462. The molecule has 0 radical (unpaired) electrons. The number of amides is 3. The van der Waals surface area contributed by atoms with Gasteiger partial charge in [0, 0.05) is 5.56 Å². The summed E-state index contributed by atoms with van der Waals surface area (Å²) in [7, 11) is 0. The summed E-state index contributed by atoms with van der Waals surface area (Å²) in [6.45, 7) is 5.87. The SMILES string of the molecule is CCCCCC[C@@]1(C)NC(=O)N(Cc2nc(-c3ccccc3C)no2)C1=O. The second-order valence-electron chi connectivity index (χ2n) is 7.29. The largest absolute Gasteiger partial charge is 0.337 e. The number of imide groups is 1. The molecule has 0 bridgehead atoms. The van der Waals surface area contributed by atoms with Crippen LogP contribution < -0.4 is 5.32 Å². The lowest BCUT2D eigenvalue weighted by Crippen LogP contribution is -2.43. The van der Waals surface area contributed by atoms with Crippen LogP contribution >= 0.6 is 0 Å². The fourth-order valence-corrected chi connectivity index (χ4v) is 3.35. The first-order valence-corrected chi connectivity index (χ1v) is 9.47. The fraction of sp³-hybridized carbons (Fsp3) is 0.500. The van der Waals surface area contributed by atoms with Gasteiger partial charge in [0.15, 0.2) is 0 Å². The standard InChI is InChI=1S/C20H26N4O3/c1-4-5-6-9-12-20(3)18(25)24(19(26)22-20)13-16-21-17(23-27-16)15-11-8-7-10-14(15)2/h7-8,10-11H,4-6,9,12-13H2,1-3H3,(H,22,26)/t20-/m1/s1. The maximum absolute atomic E-state index is 12.8. The minimum absolute atomic E-state index is 0.0197. The number of hydrogen-bond acceptors (Lipinski definition) is 5. The van der Waals surface area contributed by atoms with Crippen LogP contribution in [0, 0.1) is 6.92 Å². The Kier molecular flexibility index (Phi) is 5.58. The van der Waals surface area contributed by atoms with Gasteiger partial charge in [-0.1, -0.05) is 62.0 Å². The number of urea groups is 1. The average molecular weight is 370 g/mol. The van der Waals surface area contributed by atoms with E-state index in [9.17, 15) is 9.59 Å². The maximum atomic E-state index is 12.8. The highest BCUT2D eigenvalue weighted by Gasteiger charge is 2.47. The van der Waals surface area contributed by atoms with Crippen molar-refractivity contribution in [1.29, 1.82) is 0 Å². The van der Waals surface area contributed by atoms with E-state index >= 15 is 0 Å². The smallest absolute Gasteiger partial charge is 0.325 e. The van der Waals surface area contributed by atoms with Gasteiger partial charge in [-0.3, -0.25) is 9.69 Å². The molecule has 1 aliphatic heterocycles. The first-order chi connectivity index (χ1) is 12.9. The Bertz CT molecular complexity index is 832. The normalized spacial score (nSPS) is 19.6. The van der Waals surface area contributed by atoms with Gasteiger partial charge < -0.3 is 9.84 Å². The Morgan fingerprint density at radius 1 is 1.19 bits per heavy atom. The maximum Gasteiger partial charge on any atom is 0.325 e. The van der Waals surface area contributed by atoms with Gasteiger partial charge in [0.05, 0.1) is 0 Å². The molecule has 7 nitrogen and oxygen atoms in total. The van der Waals surface area contributed by atoms with E-state index in [2.05, 4.69) is 22.4 Å². The van der Waals surface area contributed by atoms with Crippen LogP contribution in [0.15, 0.2) is 28.8 Å². The first kappa shape index (κ1) is 19.1. The second kappa shape index (κ2) is 7.90. The van der Waals surface area contributed by atoms with E-state index in [1.165, 1.54) is 0 Å². The van der Waals surface area contributed by atoms with Gasteiger partial charge in [0.1, 0.15) is 12.1 Å². The second-order valence-corrected chi connectivity index (χ2v) is 7.29. The average Bonchev–Trinajstić information content (AvgIpc) is 3.18. The molecule has 27 heavy (non-hydrogen) atoms. The molecule has 1 atom stereocenters. The number of rotatable bonds is 8. The molecular formula is C20H26N4O3. The quantitative estimate of drug-likeness (QED) is 0.563. The number of benzene rings is 1. The van der Waals surface area contributed by atoms with Crippen LogP contribution in [0.1, 0.15) is 57.4 Å². The third-order valence-electron chi connectivity index (χ3n) is 5.02. The molecule has 1 aromatic carbocycles. The zero-order valence-corrected chi connectivity index (χ0v) is 16.1. The number of nitrogens with zero attached hydrogens (tertiary/aromatic N) is 3. The van der Waals surface area contributed by atoms with Gasteiger partial charge >= 0.3 is 6.03 Å². The van der Waals surface area contributed by atoms with E-state index in [-0.39, 0.29) is 18.3 Å². The number of unbranched alkanes of at least 4 members (excludes halogenated alkanes) is 3. The van der Waals surface area contributed by atoms with Crippen molar-refractivity contribution in [3.63, 3.8) is 0 Å². The van der Waals surface area contributed by atoms with E-state index in [0.29, 0.717) is 12.2 Å². The zero-order valence-electron chi connectivity index (χ0n) is 16.1. The lowest BCUT2D eigenvalue weighted by molar-refractivity contribution is -0.131. The van der Waals surface area contributed by atoms with Crippen molar-refractivity contribution < 1.29 is 14.1 Å². The molecule has 1 saturated heterocycles. The minimum atomic E-state index is -0.857. The van der Waals surface area contributed by atoms with Crippen LogP contribution in [0.3, 0.4) is 0 Å². The molecule has 144 valence electrons. The topological polar surface area (TPSA) is 88.3 Å². The molecule has 3 rings (SSSR count). The minimum Gasteiger partial charge on any atom is -0.337 e. The summed E-state index contributed by atoms with van der Waals surface area (Å²) < 4.78 is 5.28. The highest BCUT2D eigenvalue weighted by atomic mass is 16.5. The molecule has 1 N–H and O–H groups in total. The van der Waals surface area contributed by atoms with Gasteiger partial charge in [-0.25, -0.2) is 4.79 Å².